The van der Waals surface area contributed by atoms with E-state index in [1.165, 1.54) is 11.1 Å². The Balaban J connectivity index is 1.35. The Kier molecular flexibility index (Phi) is 5.56. The lowest BCUT2D eigenvalue weighted by atomic mass is 9.83. The van der Waals surface area contributed by atoms with Gasteiger partial charge in [0.05, 0.1) is 23.7 Å². The van der Waals surface area contributed by atoms with Crippen LogP contribution in [0.2, 0.25) is 0 Å². The number of fused-ring (bicyclic) bond motifs is 6. The van der Waals surface area contributed by atoms with Crippen molar-refractivity contribution >= 4 is 34.8 Å². The molecule has 6 rings (SSSR count). The molecule has 7 heteroatoms. The Morgan fingerprint density at radius 2 is 2.06 bits per heavy atom. The zero-order chi connectivity index (χ0) is 23.2. The number of rotatable bonds is 6. The topological polar surface area (TPSA) is 68.4 Å². The second-order valence-electron chi connectivity index (χ2n) is 9.68. The van der Waals surface area contributed by atoms with Gasteiger partial charge in [-0.1, -0.05) is 29.7 Å². The number of benzene rings is 3. The van der Waals surface area contributed by atoms with Crippen molar-refractivity contribution in [2.75, 3.05) is 20.3 Å². The maximum atomic E-state index is 6.22. The average molecular weight is 454 g/mol. The molecule has 34 heavy (non-hydrogen) atoms. The van der Waals surface area contributed by atoms with E-state index in [-0.39, 0.29) is 12.1 Å². The Bertz CT molecular complexity index is 1370. The number of nitrogens with zero attached hydrogens (tertiary/aromatic N) is 1. The van der Waals surface area contributed by atoms with Crippen LogP contribution in [0, 0.1) is 5.92 Å². The van der Waals surface area contributed by atoms with E-state index in [2.05, 4.69) is 52.8 Å². The first kappa shape index (κ1) is 21.7. The molecule has 0 aliphatic carbocycles. The molecule has 0 bridgehead atoms. The van der Waals surface area contributed by atoms with Gasteiger partial charge in [0.15, 0.2) is 0 Å². The fraction of sp³-hybridized carbons (Fsp3) is 0.370. The molecule has 1 fully saturated rings. The van der Waals surface area contributed by atoms with Gasteiger partial charge < -0.3 is 24.4 Å². The summed E-state index contributed by atoms with van der Waals surface area (Å²) in [6.45, 7) is 6.34. The predicted molar refractivity (Wildman–Crippen MR) is 136 cm³/mol. The zero-order valence-corrected chi connectivity index (χ0v) is 19.9. The minimum atomic E-state index is 0.162. The smallest absolute Gasteiger partial charge is 0.330 e. The van der Waals surface area contributed by atoms with Gasteiger partial charge in [0.25, 0.3) is 0 Å². The van der Waals surface area contributed by atoms with Crippen LogP contribution in [-0.2, 0) is 16.0 Å². The highest BCUT2D eigenvalue weighted by atomic mass is 16.5. The normalized spacial score (nSPS) is 19.4. The summed E-state index contributed by atoms with van der Waals surface area (Å²) >= 11 is 0. The highest BCUT2D eigenvalue weighted by Crippen LogP contribution is 2.41. The summed E-state index contributed by atoms with van der Waals surface area (Å²) < 4.78 is 17.2. The summed E-state index contributed by atoms with van der Waals surface area (Å²) in [4.78, 5) is 8.57. The third-order valence-electron chi connectivity index (χ3n) is 6.82. The predicted octanol–water partition coefficient (Wildman–Crippen LogP) is 4.24. The minimum Gasteiger partial charge on any atom is -0.488 e. The molecule has 0 spiro atoms. The van der Waals surface area contributed by atoms with Gasteiger partial charge in [-0.05, 0) is 60.9 Å². The van der Waals surface area contributed by atoms with E-state index in [1.807, 2.05) is 21.3 Å². The van der Waals surface area contributed by atoms with Crippen molar-refractivity contribution in [3.8, 4) is 16.9 Å². The number of nitrogens with one attached hydrogen (secondary N) is 2. The van der Waals surface area contributed by atoms with Crippen LogP contribution in [0.25, 0.3) is 32.9 Å². The number of hydrogen-bond donors (Lipinski definition) is 2. The van der Waals surface area contributed by atoms with Crippen LogP contribution >= 0.6 is 0 Å². The second kappa shape index (κ2) is 8.73. The molecule has 3 heterocycles. The van der Waals surface area contributed by atoms with E-state index in [0.29, 0.717) is 12.5 Å². The van der Waals surface area contributed by atoms with Crippen LogP contribution in [0.15, 0.2) is 42.5 Å². The lowest BCUT2D eigenvalue weighted by Crippen LogP contribution is -2.22. The van der Waals surface area contributed by atoms with Crippen molar-refractivity contribution in [2.45, 2.75) is 39.0 Å². The van der Waals surface area contributed by atoms with Gasteiger partial charge >= 0.3 is 7.48 Å². The third kappa shape index (κ3) is 3.88. The number of hydrogen-bond acceptors (Lipinski definition) is 5. The van der Waals surface area contributed by atoms with Crippen molar-refractivity contribution in [1.29, 1.82) is 0 Å². The van der Waals surface area contributed by atoms with Crippen LogP contribution in [0.4, 0.5) is 0 Å². The molecule has 2 atom stereocenters. The van der Waals surface area contributed by atoms with Crippen LogP contribution in [0.5, 0.6) is 5.75 Å². The largest absolute Gasteiger partial charge is 0.488 e. The molecule has 3 aromatic carbocycles. The van der Waals surface area contributed by atoms with Crippen LogP contribution < -0.4 is 15.5 Å². The SMILES string of the molecule is COCC1CNC(c2nc3c(ccc4cc5c(cc43)OCc3cc([B]OC(C)C)ccc3-5)[nH]2)C1. The maximum Gasteiger partial charge on any atom is 0.330 e. The Morgan fingerprint density at radius 3 is 2.91 bits per heavy atom. The monoisotopic (exact) mass is 454 g/mol. The third-order valence-corrected chi connectivity index (χ3v) is 6.82. The molecule has 173 valence electrons. The Morgan fingerprint density at radius 1 is 1.15 bits per heavy atom. The highest BCUT2D eigenvalue weighted by Gasteiger charge is 2.28. The first-order chi connectivity index (χ1) is 16.6. The Hall–Kier alpha value is -2.87. The Labute approximate surface area is 200 Å². The summed E-state index contributed by atoms with van der Waals surface area (Å²) in [5, 5.41) is 5.87. The van der Waals surface area contributed by atoms with E-state index >= 15 is 0 Å². The summed E-state index contributed by atoms with van der Waals surface area (Å²) in [5.74, 6) is 2.43. The van der Waals surface area contributed by atoms with Crippen molar-refractivity contribution < 1.29 is 14.1 Å². The number of aromatic nitrogens is 2. The summed E-state index contributed by atoms with van der Waals surface area (Å²) in [6, 6.07) is 15.3. The quantitative estimate of drug-likeness (QED) is 0.427. The number of aromatic amines is 1. The van der Waals surface area contributed by atoms with E-state index in [1.54, 1.807) is 7.11 Å². The van der Waals surface area contributed by atoms with Gasteiger partial charge in [0, 0.05) is 30.7 Å². The van der Waals surface area contributed by atoms with Crippen molar-refractivity contribution in [3.63, 3.8) is 0 Å². The highest BCUT2D eigenvalue weighted by molar-refractivity contribution is 6.47. The average Bonchev–Trinajstić information content (AvgIpc) is 3.49. The van der Waals surface area contributed by atoms with Crippen molar-refractivity contribution in [1.82, 2.24) is 15.3 Å². The van der Waals surface area contributed by atoms with E-state index < -0.39 is 0 Å². The molecular formula is C27H29BN3O3. The van der Waals surface area contributed by atoms with Gasteiger partial charge in [0.2, 0.25) is 0 Å². The number of H-pyrrole nitrogens is 1. The fourth-order valence-electron chi connectivity index (χ4n) is 5.16. The molecular weight excluding hydrogens is 425 g/mol. The number of ether oxygens (including phenoxy) is 2. The minimum absolute atomic E-state index is 0.162. The maximum absolute atomic E-state index is 6.22. The molecule has 0 saturated carbocycles. The summed E-state index contributed by atoms with van der Waals surface area (Å²) in [7, 11) is 3.59. The van der Waals surface area contributed by atoms with Crippen LogP contribution in [0.1, 0.15) is 37.7 Å². The molecule has 0 amide bonds. The van der Waals surface area contributed by atoms with E-state index in [4.69, 9.17) is 19.1 Å². The van der Waals surface area contributed by atoms with Gasteiger partial charge in [-0.2, -0.15) is 0 Å². The van der Waals surface area contributed by atoms with Gasteiger partial charge in [-0.15, -0.1) is 0 Å². The van der Waals surface area contributed by atoms with Crippen LogP contribution in [0.3, 0.4) is 0 Å². The summed E-state index contributed by atoms with van der Waals surface area (Å²) in [6.07, 6.45) is 1.19. The standard InChI is InChI=1S/C27H29BN3O3/c1-15(2)34-28-19-5-6-20-18(9-19)14-33-25-11-21-17(10-22(20)25)4-7-23-26(21)31-27(30-23)24-8-16(12-29-24)13-32-3/h4-7,9-11,15-16,24,29H,8,12-14H2,1-3H3,(H,30,31). The summed E-state index contributed by atoms with van der Waals surface area (Å²) in [5.41, 5.74) is 6.62. The molecule has 1 saturated heterocycles. The molecule has 2 aliphatic heterocycles. The number of methoxy groups -OCH3 is 1. The lowest BCUT2D eigenvalue weighted by molar-refractivity contribution is 0.159. The zero-order valence-electron chi connectivity index (χ0n) is 19.9. The number of imidazole rings is 1. The molecule has 1 aromatic heterocycles. The second-order valence-corrected chi connectivity index (χ2v) is 9.68. The molecule has 1 radical (unpaired) electrons. The van der Waals surface area contributed by atoms with Gasteiger partial charge in [-0.25, -0.2) is 4.98 Å². The van der Waals surface area contributed by atoms with Crippen LogP contribution in [-0.4, -0.2) is 43.8 Å². The van der Waals surface area contributed by atoms with Gasteiger partial charge in [-0.3, -0.25) is 0 Å². The fourth-order valence-corrected chi connectivity index (χ4v) is 5.16. The van der Waals surface area contributed by atoms with Crippen molar-refractivity contribution in [2.24, 2.45) is 5.92 Å². The molecule has 2 unspecified atom stereocenters. The molecule has 4 aromatic rings. The first-order valence-electron chi connectivity index (χ1n) is 12.0. The first-order valence-corrected chi connectivity index (χ1v) is 12.0. The van der Waals surface area contributed by atoms with E-state index in [9.17, 15) is 0 Å². The van der Waals surface area contributed by atoms with Crippen molar-refractivity contribution in [3.05, 3.63) is 53.9 Å². The van der Waals surface area contributed by atoms with Gasteiger partial charge in [0.1, 0.15) is 18.2 Å². The lowest BCUT2D eigenvalue weighted by Gasteiger charge is -2.22. The molecule has 2 aliphatic rings. The molecule has 6 nitrogen and oxygen atoms in total. The van der Waals surface area contributed by atoms with E-state index in [0.717, 1.165) is 64.0 Å². The molecule has 2 N–H and O–H groups in total.